The zero-order valence-corrected chi connectivity index (χ0v) is 11.2. The first kappa shape index (κ1) is 13.7. The maximum atomic E-state index is 11.3. The zero-order valence-electron chi connectivity index (χ0n) is 9.66. The molecule has 0 aliphatic heterocycles. The lowest BCUT2D eigenvalue weighted by Crippen LogP contribution is -2.38. The van der Waals surface area contributed by atoms with Crippen molar-refractivity contribution in [3.05, 3.63) is 29.3 Å². The van der Waals surface area contributed by atoms with Gasteiger partial charge in [0.05, 0.1) is 6.54 Å². The Kier molecular flexibility index (Phi) is 5.18. The summed E-state index contributed by atoms with van der Waals surface area (Å²) in [6.45, 7) is 0.173. The minimum absolute atomic E-state index is 0.0368. The first-order valence-electron chi connectivity index (χ1n) is 4.99. The van der Waals surface area contributed by atoms with Crippen molar-refractivity contribution in [1.29, 1.82) is 0 Å². The van der Waals surface area contributed by atoms with Crippen LogP contribution in [0.3, 0.4) is 0 Å². The highest BCUT2D eigenvalue weighted by atomic mass is 35.5. The molecule has 1 amide bonds. The van der Waals surface area contributed by atoms with Gasteiger partial charge in [-0.2, -0.15) is 0 Å². The van der Waals surface area contributed by atoms with Crippen molar-refractivity contribution in [3.8, 4) is 0 Å². The Balaban J connectivity index is 2.40. The van der Waals surface area contributed by atoms with Gasteiger partial charge in [-0.15, -0.1) is 0 Å². The van der Waals surface area contributed by atoms with E-state index in [-0.39, 0.29) is 12.5 Å². The molecule has 4 nitrogen and oxygen atoms in total. The van der Waals surface area contributed by atoms with E-state index in [1.165, 1.54) is 4.90 Å². The van der Waals surface area contributed by atoms with E-state index in [1.807, 2.05) is 12.1 Å². The van der Waals surface area contributed by atoms with Crippen LogP contribution in [-0.4, -0.2) is 36.6 Å². The number of anilines is 1. The van der Waals surface area contributed by atoms with Crippen molar-refractivity contribution >= 4 is 40.5 Å². The van der Waals surface area contributed by atoms with Crippen LogP contribution < -0.4 is 10.6 Å². The van der Waals surface area contributed by atoms with E-state index in [4.69, 9.17) is 23.8 Å². The number of thiocarbonyl (C=S) groups is 1. The van der Waals surface area contributed by atoms with Crippen molar-refractivity contribution in [2.75, 3.05) is 26.0 Å². The van der Waals surface area contributed by atoms with Gasteiger partial charge in [0.15, 0.2) is 5.11 Å². The van der Waals surface area contributed by atoms with E-state index in [1.54, 1.807) is 26.2 Å². The highest BCUT2D eigenvalue weighted by Gasteiger charge is 2.04. The summed E-state index contributed by atoms with van der Waals surface area (Å²) in [6, 6.07) is 7.14. The third-order valence-corrected chi connectivity index (χ3v) is 2.50. The second kappa shape index (κ2) is 6.42. The van der Waals surface area contributed by atoms with Crippen molar-refractivity contribution in [1.82, 2.24) is 10.2 Å². The minimum Gasteiger partial charge on any atom is -0.353 e. The molecule has 0 bridgehead atoms. The molecule has 0 atom stereocenters. The largest absolute Gasteiger partial charge is 0.353 e. The summed E-state index contributed by atoms with van der Waals surface area (Å²) >= 11 is 10.8. The average Bonchev–Trinajstić information content (AvgIpc) is 2.29. The van der Waals surface area contributed by atoms with E-state index in [0.29, 0.717) is 10.1 Å². The van der Waals surface area contributed by atoms with Gasteiger partial charge in [-0.1, -0.05) is 11.6 Å². The third-order valence-electron chi connectivity index (χ3n) is 2.00. The maximum absolute atomic E-state index is 11.3. The fraction of sp³-hybridized carbons (Fsp3) is 0.273. The zero-order chi connectivity index (χ0) is 12.8. The molecule has 0 aromatic heterocycles. The summed E-state index contributed by atoms with van der Waals surface area (Å²) in [7, 11) is 3.39. The lowest BCUT2D eigenvalue weighted by molar-refractivity contribution is -0.127. The number of likely N-dealkylation sites (N-methyl/N-ethyl adjacent to an activating group) is 1. The van der Waals surface area contributed by atoms with E-state index < -0.39 is 0 Å². The minimum atomic E-state index is -0.0368. The Bertz CT molecular complexity index is 406. The van der Waals surface area contributed by atoms with Gasteiger partial charge in [0, 0.05) is 24.8 Å². The van der Waals surface area contributed by atoms with Gasteiger partial charge in [0.2, 0.25) is 5.91 Å². The predicted molar refractivity (Wildman–Crippen MR) is 74.4 cm³/mol. The van der Waals surface area contributed by atoms with E-state index >= 15 is 0 Å². The summed E-state index contributed by atoms with van der Waals surface area (Å²) in [5.41, 5.74) is 0.823. The second-order valence-corrected chi connectivity index (χ2v) is 4.45. The van der Waals surface area contributed by atoms with Gasteiger partial charge in [-0.3, -0.25) is 4.79 Å². The van der Waals surface area contributed by atoms with Crippen LogP contribution in [0.5, 0.6) is 0 Å². The molecule has 17 heavy (non-hydrogen) atoms. The highest BCUT2D eigenvalue weighted by Crippen LogP contribution is 2.12. The number of nitrogens with one attached hydrogen (secondary N) is 2. The Morgan fingerprint density at radius 1 is 1.35 bits per heavy atom. The summed E-state index contributed by atoms with van der Waals surface area (Å²) < 4.78 is 0. The summed E-state index contributed by atoms with van der Waals surface area (Å²) in [6.07, 6.45) is 0. The lowest BCUT2D eigenvalue weighted by atomic mass is 10.3. The van der Waals surface area contributed by atoms with E-state index in [9.17, 15) is 4.79 Å². The highest BCUT2D eigenvalue weighted by molar-refractivity contribution is 7.80. The Morgan fingerprint density at radius 3 is 2.47 bits per heavy atom. The standard InChI is InChI=1S/C11H14ClN3OS/c1-15(2)10(16)7-13-11(17)14-9-5-3-8(12)4-6-9/h3-6H,7H2,1-2H3,(H2,13,14,17). The number of amides is 1. The second-order valence-electron chi connectivity index (χ2n) is 3.60. The first-order valence-corrected chi connectivity index (χ1v) is 5.78. The van der Waals surface area contributed by atoms with E-state index in [2.05, 4.69) is 10.6 Å². The molecule has 1 aromatic rings. The monoisotopic (exact) mass is 271 g/mol. The summed E-state index contributed by atoms with van der Waals surface area (Å²) in [5, 5.41) is 6.85. The van der Waals surface area contributed by atoms with Gasteiger partial charge >= 0.3 is 0 Å². The van der Waals surface area contributed by atoms with Crippen LogP contribution in [0, 0.1) is 0 Å². The average molecular weight is 272 g/mol. The topological polar surface area (TPSA) is 44.4 Å². The molecular weight excluding hydrogens is 258 g/mol. The fourth-order valence-electron chi connectivity index (χ4n) is 1.02. The van der Waals surface area contributed by atoms with Crippen LogP contribution in [0.25, 0.3) is 0 Å². The molecule has 0 saturated carbocycles. The van der Waals surface area contributed by atoms with Gasteiger partial charge in [0.1, 0.15) is 0 Å². The molecule has 0 aliphatic carbocycles. The Labute approximate surface area is 111 Å². The molecule has 0 saturated heterocycles. The number of rotatable bonds is 3. The van der Waals surface area contributed by atoms with Crippen LogP contribution in [0.15, 0.2) is 24.3 Å². The molecule has 0 heterocycles. The number of benzene rings is 1. The van der Waals surface area contributed by atoms with Gasteiger partial charge < -0.3 is 15.5 Å². The normalized spacial score (nSPS) is 9.59. The van der Waals surface area contributed by atoms with Crippen molar-refractivity contribution in [3.63, 3.8) is 0 Å². The molecule has 0 fully saturated rings. The molecule has 2 N–H and O–H groups in total. The van der Waals surface area contributed by atoms with Crippen LogP contribution in [0.1, 0.15) is 0 Å². The molecule has 1 rings (SSSR count). The molecular formula is C11H14ClN3OS. The van der Waals surface area contributed by atoms with Crippen LogP contribution >= 0.6 is 23.8 Å². The van der Waals surface area contributed by atoms with Crippen molar-refractivity contribution < 1.29 is 4.79 Å². The van der Waals surface area contributed by atoms with Gasteiger partial charge in [0.25, 0.3) is 0 Å². The quantitative estimate of drug-likeness (QED) is 0.822. The summed E-state index contributed by atoms with van der Waals surface area (Å²) in [5.74, 6) is -0.0368. The van der Waals surface area contributed by atoms with Crippen LogP contribution in [0.2, 0.25) is 5.02 Å². The smallest absolute Gasteiger partial charge is 0.241 e. The van der Waals surface area contributed by atoms with Gasteiger partial charge in [-0.25, -0.2) is 0 Å². The van der Waals surface area contributed by atoms with Crippen LogP contribution in [0.4, 0.5) is 5.69 Å². The number of halogens is 1. The number of carbonyl (C=O) groups is 1. The molecule has 0 spiro atoms. The number of hydrogen-bond donors (Lipinski definition) is 2. The first-order chi connectivity index (χ1) is 7.99. The number of carbonyl (C=O) groups excluding carboxylic acids is 1. The predicted octanol–water partition coefficient (Wildman–Crippen LogP) is 1.71. The van der Waals surface area contributed by atoms with E-state index in [0.717, 1.165) is 5.69 Å². The van der Waals surface area contributed by atoms with Crippen molar-refractivity contribution in [2.24, 2.45) is 0 Å². The summed E-state index contributed by atoms with van der Waals surface area (Å²) in [4.78, 5) is 12.8. The third kappa shape index (κ3) is 5.01. The Hall–Kier alpha value is -1.33. The number of hydrogen-bond acceptors (Lipinski definition) is 2. The lowest BCUT2D eigenvalue weighted by Gasteiger charge is -2.13. The fourth-order valence-corrected chi connectivity index (χ4v) is 1.34. The SMILES string of the molecule is CN(C)C(=O)CNC(=S)Nc1ccc(Cl)cc1. The van der Waals surface area contributed by atoms with Crippen LogP contribution in [-0.2, 0) is 4.79 Å². The van der Waals surface area contributed by atoms with Gasteiger partial charge in [-0.05, 0) is 36.5 Å². The molecule has 0 radical (unpaired) electrons. The molecule has 0 aliphatic rings. The molecule has 1 aromatic carbocycles. The number of nitrogens with zero attached hydrogens (tertiary/aromatic N) is 1. The molecule has 92 valence electrons. The Morgan fingerprint density at radius 2 is 1.94 bits per heavy atom. The molecule has 0 unspecified atom stereocenters. The van der Waals surface area contributed by atoms with Crippen molar-refractivity contribution in [2.45, 2.75) is 0 Å². The molecule has 6 heteroatoms. The maximum Gasteiger partial charge on any atom is 0.241 e.